The van der Waals surface area contributed by atoms with Gasteiger partial charge in [-0.3, -0.25) is 0 Å². The quantitative estimate of drug-likeness (QED) is 0.796. The molecular weight excluding hydrogens is 222 g/mol. The Hall–Kier alpha value is -0.860. The summed E-state index contributed by atoms with van der Waals surface area (Å²) in [5.41, 5.74) is 2.71. The minimum absolute atomic E-state index is 0.310. The van der Waals surface area contributed by atoms with Gasteiger partial charge in [0.15, 0.2) is 0 Å². The Labute approximate surface area is 111 Å². The molecule has 2 nitrogen and oxygen atoms in total. The third-order valence-electron chi connectivity index (χ3n) is 3.69. The van der Waals surface area contributed by atoms with Crippen LogP contribution in [-0.2, 0) is 4.74 Å². The normalized spacial score (nSPS) is 17.1. The van der Waals surface area contributed by atoms with E-state index in [9.17, 15) is 0 Å². The Morgan fingerprint density at radius 3 is 2.28 bits per heavy atom. The standard InChI is InChI=1S/C16H25NO/c1-12(2)14-6-8-15(9-7-14)16(17-3)11-18-10-13-4-5-13/h6-9,12-13,16-17H,4-5,10-11H2,1-3H3. The fourth-order valence-corrected chi connectivity index (χ4v) is 2.10. The van der Waals surface area contributed by atoms with Crippen molar-refractivity contribution < 1.29 is 4.74 Å². The summed E-state index contributed by atoms with van der Waals surface area (Å²) < 4.78 is 5.78. The average molecular weight is 247 g/mol. The van der Waals surface area contributed by atoms with Gasteiger partial charge >= 0.3 is 0 Å². The molecule has 0 aromatic heterocycles. The van der Waals surface area contributed by atoms with Crippen LogP contribution in [0.25, 0.3) is 0 Å². The lowest BCUT2D eigenvalue weighted by Crippen LogP contribution is -2.22. The summed E-state index contributed by atoms with van der Waals surface area (Å²) in [6.07, 6.45) is 2.71. The van der Waals surface area contributed by atoms with E-state index in [-0.39, 0.29) is 0 Å². The van der Waals surface area contributed by atoms with Gasteiger partial charge in [-0.1, -0.05) is 38.1 Å². The summed E-state index contributed by atoms with van der Waals surface area (Å²) in [7, 11) is 2.00. The Bertz CT molecular complexity index is 354. The van der Waals surface area contributed by atoms with Crippen LogP contribution in [0.4, 0.5) is 0 Å². The monoisotopic (exact) mass is 247 g/mol. The van der Waals surface area contributed by atoms with Crippen molar-refractivity contribution in [2.24, 2.45) is 5.92 Å². The van der Waals surface area contributed by atoms with E-state index in [1.54, 1.807) is 0 Å². The molecule has 0 aliphatic heterocycles. The number of likely N-dealkylation sites (N-methyl/N-ethyl adjacent to an activating group) is 1. The molecule has 1 aliphatic carbocycles. The van der Waals surface area contributed by atoms with E-state index in [2.05, 4.69) is 43.4 Å². The molecule has 0 radical (unpaired) electrons. The first kappa shape index (κ1) is 13.6. The maximum absolute atomic E-state index is 5.78. The van der Waals surface area contributed by atoms with Crippen molar-refractivity contribution >= 4 is 0 Å². The second-order valence-electron chi connectivity index (χ2n) is 5.64. The fourth-order valence-electron chi connectivity index (χ4n) is 2.10. The molecule has 1 unspecified atom stereocenters. The van der Waals surface area contributed by atoms with Crippen LogP contribution in [0.1, 0.15) is 49.8 Å². The highest BCUT2D eigenvalue weighted by molar-refractivity contribution is 5.26. The summed E-state index contributed by atoms with van der Waals surface area (Å²) in [6.45, 7) is 6.16. The van der Waals surface area contributed by atoms with Gasteiger partial charge in [0.2, 0.25) is 0 Å². The molecule has 1 N–H and O–H groups in total. The molecule has 1 fully saturated rings. The summed E-state index contributed by atoms with van der Waals surface area (Å²) in [6, 6.07) is 9.20. The number of rotatable bonds is 7. The molecule has 2 rings (SSSR count). The van der Waals surface area contributed by atoms with E-state index in [4.69, 9.17) is 4.74 Å². The second-order valence-corrected chi connectivity index (χ2v) is 5.64. The molecule has 1 aromatic rings. The van der Waals surface area contributed by atoms with Gasteiger partial charge in [0, 0.05) is 6.61 Å². The molecule has 0 heterocycles. The first-order valence-electron chi connectivity index (χ1n) is 7.05. The van der Waals surface area contributed by atoms with Crippen LogP contribution < -0.4 is 5.32 Å². The second kappa shape index (κ2) is 6.35. The summed E-state index contributed by atoms with van der Waals surface area (Å²) in [4.78, 5) is 0. The molecule has 1 atom stereocenters. The molecular formula is C16H25NO. The van der Waals surface area contributed by atoms with Gasteiger partial charge < -0.3 is 10.1 Å². The predicted octanol–water partition coefficient (Wildman–Crippen LogP) is 3.50. The molecule has 1 aromatic carbocycles. The molecule has 18 heavy (non-hydrogen) atoms. The molecule has 0 bridgehead atoms. The van der Waals surface area contributed by atoms with Gasteiger partial charge in [-0.25, -0.2) is 0 Å². The van der Waals surface area contributed by atoms with E-state index < -0.39 is 0 Å². The van der Waals surface area contributed by atoms with Crippen molar-refractivity contribution in [1.82, 2.24) is 5.32 Å². The summed E-state index contributed by atoms with van der Waals surface area (Å²) in [5.74, 6) is 1.43. The van der Waals surface area contributed by atoms with Crippen LogP contribution in [0.2, 0.25) is 0 Å². The lowest BCUT2D eigenvalue weighted by atomic mass is 9.99. The van der Waals surface area contributed by atoms with Crippen LogP contribution in [0.3, 0.4) is 0 Å². The van der Waals surface area contributed by atoms with Gasteiger partial charge in [-0.2, -0.15) is 0 Å². The highest BCUT2D eigenvalue weighted by Crippen LogP contribution is 2.29. The summed E-state index contributed by atoms with van der Waals surface area (Å²) in [5, 5.41) is 3.34. The zero-order valence-electron chi connectivity index (χ0n) is 11.8. The topological polar surface area (TPSA) is 21.3 Å². The number of ether oxygens (including phenoxy) is 1. The fraction of sp³-hybridized carbons (Fsp3) is 0.625. The van der Waals surface area contributed by atoms with Crippen molar-refractivity contribution in [2.75, 3.05) is 20.3 Å². The Kier molecular flexibility index (Phi) is 4.79. The van der Waals surface area contributed by atoms with Crippen molar-refractivity contribution in [3.8, 4) is 0 Å². The van der Waals surface area contributed by atoms with Crippen molar-refractivity contribution in [3.63, 3.8) is 0 Å². The Balaban J connectivity index is 1.88. The van der Waals surface area contributed by atoms with Crippen LogP contribution in [-0.4, -0.2) is 20.3 Å². The maximum atomic E-state index is 5.78. The molecule has 0 saturated heterocycles. The smallest absolute Gasteiger partial charge is 0.0661 e. The molecule has 0 spiro atoms. The number of hydrogen-bond acceptors (Lipinski definition) is 2. The van der Waals surface area contributed by atoms with Crippen LogP contribution in [0.15, 0.2) is 24.3 Å². The van der Waals surface area contributed by atoms with E-state index >= 15 is 0 Å². The third kappa shape index (κ3) is 3.82. The lowest BCUT2D eigenvalue weighted by Gasteiger charge is -2.17. The van der Waals surface area contributed by atoms with Gasteiger partial charge in [0.05, 0.1) is 12.6 Å². The first-order chi connectivity index (χ1) is 8.70. The average Bonchev–Trinajstić information content (AvgIpc) is 3.19. The highest BCUT2D eigenvalue weighted by Gasteiger charge is 2.21. The van der Waals surface area contributed by atoms with E-state index in [1.165, 1.54) is 24.0 Å². The molecule has 1 aliphatic rings. The largest absolute Gasteiger partial charge is 0.379 e. The summed E-state index contributed by atoms with van der Waals surface area (Å²) >= 11 is 0. The van der Waals surface area contributed by atoms with Gasteiger partial charge in [0.25, 0.3) is 0 Å². The predicted molar refractivity (Wildman–Crippen MR) is 75.9 cm³/mol. The first-order valence-corrected chi connectivity index (χ1v) is 7.05. The number of hydrogen-bond donors (Lipinski definition) is 1. The zero-order valence-corrected chi connectivity index (χ0v) is 11.8. The van der Waals surface area contributed by atoms with E-state index in [1.807, 2.05) is 7.05 Å². The minimum Gasteiger partial charge on any atom is -0.379 e. The highest BCUT2D eigenvalue weighted by atomic mass is 16.5. The third-order valence-corrected chi connectivity index (χ3v) is 3.69. The number of nitrogens with one attached hydrogen (secondary N) is 1. The van der Waals surface area contributed by atoms with Crippen molar-refractivity contribution in [1.29, 1.82) is 0 Å². The molecule has 100 valence electrons. The van der Waals surface area contributed by atoms with Crippen molar-refractivity contribution in [2.45, 2.75) is 38.6 Å². The Morgan fingerprint density at radius 1 is 1.17 bits per heavy atom. The van der Waals surface area contributed by atoms with Crippen LogP contribution in [0, 0.1) is 5.92 Å². The van der Waals surface area contributed by atoms with Gasteiger partial charge in [-0.15, -0.1) is 0 Å². The zero-order chi connectivity index (χ0) is 13.0. The molecule has 0 amide bonds. The van der Waals surface area contributed by atoms with E-state index in [0.29, 0.717) is 12.0 Å². The van der Waals surface area contributed by atoms with Gasteiger partial charge in [-0.05, 0) is 42.9 Å². The number of benzene rings is 1. The van der Waals surface area contributed by atoms with Gasteiger partial charge in [0.1, 0.15) is 0 Å². The lowest BCUT2D eigenvalue weighted by molar-refractivity contribution is 0.105. The minimum atomic E-state index is 0.310. The SMILES string of the molecule is CNC(COCC1CC1)c1ccc(C(C)C)cc1. The van der Waals surface area contributed by atoms with Crippen LogP contribution >= 0.6 is 0 Å². The molecule has 1 saturated carbocycles. The Morgan fingerprint density at radius 2 is 1.78 bits per heavy atom. The van der Waals surface area contributed by atoms with E-state index in [0.717, 1.165) is 19.1 Å². The van der Waals surface area contributed by atoms with Crippen LogP contribution in [0.5, 0.6) is 0 Å². The molecule has 2 heteroatoms. The van der Waals surface area contributed by atoms with Crippen molar-refractivity contribution in [3.05, 3.63) is 35.4 Å². The maximum Gasteiger partial charge on any atom is 0.0661 e.